The van der Waals surface area contributed by atoms with Crippen LogP contribution >= 0.6 is 0 Å². The number of nitrogens with one attached hydrogen (secondary N) is 2. The molecule has 0 unspecified atom stereocenters. The molecule has 0 aliphatic carbocycles. The Balaban J connectivity index is 1.83. The van der Waals surface area contributed by atoms with Gasteiger partial charge in [0.05, 0.1) is 10.5 Å². The highest BCUT2D eigenvalue weighted by molar-refractivity contribution is 7.89. The lowest BCUT2D eigenvalue weighted by Gasteiger charge is -2.27. The van der Waals surface area contributed by atoms with Crippen molar-refractivity contribution in [3.8, 4) is 0 Å². The van der Waals surface area contributed by atoms with Crippen molar-refractivity contribution in [3.63, 3.8) is 0 Å². The molecule has 0 atom stereocenters. The lowest BCUT2D eigenvalue weighted by molar-refractivity contribution is -0.137. The van der Waals surface area contributed by atoms with Gasteiger partial charge in [-0.2, -0.15) is 13.2 Å². The van der Waals surface area contributed by atoms with Crippen LogP contribution in [0.1, 0.15) is 12.0 Å². The van der Waals surface area contributed by atoms with Crippen LogP contribution in [0.2, 0.25) is 0 Å². The fourth-order valence-corrected chi connectivity index (χ4v) is 3.42. The molecule has 0 radical (unpaired) electrons. The Labute approximate surface area is 133 Å². The number of hydrogen-bond acceptors (Lipinski definition) is 4. The third-order valence-corrected chi connectivity index (χ3v) is 5.12. The van der Waals surface area contributed by atoms with Crippen molar-refractivity contribution in [2.45, 2.75) is 17.5 Å². The van der Waals surface area contributed by atoms with Gasteiger partial charge < -0.3 is 10.2 Å². The summed E-state index contributed by atoms with van der Waals surface area (Å²) < 4.78 is 63.9. The molecule has 1 heterocycles. The summed E-state index contributed by atoms with van der Waals surface area (Å²) in [5.41, 5.74) is -0.866. The zero-order valence-electron chi connectivity index (χ0n) is 12.6. The molecule has 0 bridgehead atoms. The van der Waals surface area contributed by atoms with Crippen LogP contribution in [-0.2, 0) is 16.2 Å². The molecule has 2 N–H and O–H groups in total. The minimum absolute atomic E-state index is 0.160. The number of sulfonamides is 1. The number of halogens is 3. The van der Waals surface area contributed by atoms with Gasteiger partial charge in [0.25, 0.3) is 0 Å². The largest absolute Gasteiger partial charge is 0.416 e. The Morgan fingerprint density at radius 2 is 1.74 bits per heavy atom. The minimum Gasteiger partial charge on any atom is -0.314 e. The van der Waals surface area contributed by atoms with Gasteiger partial charge in [-0.3, -0.25) is 0 Å². The molecule has 1 aliphatic heterocycles. The molecule has 23 heavy (non-hydrogen) atoms. The Morgan fingerprint density at radius 3 is 2.30 bits per heavy atom. The van der Waals surface area contributed by atoms with Crippen molar-refractivity contribution in [3.05, 3.63) is 29.8 Å². The Morgan fingerprint density at radius 1 is 1.13 bits per heavy atom. The van der Waals surface area contributed by atoms with Gasteiger partial charge in [-0.05, 0) is 37.2 Å². The SMILES string of the molecule is O=S(=O)(NCCCN1CCNCC1)c1ccc(C(F)(F)F)cc1. The smallest absolute Gasteiger partial charge is 0.314 e. The molecule has 1 fully saturated rings. The van der Waals surface area contributed by atoms with Gasteiger partial charge in [0.1, 0.15) is 0 Å². The predicted molar refractivity (Wildman–Crippen MR) is 80.6 cm³/mol. The zero-order valence-corrected chi connectivity index (χ0v) is 13.4. The van der Waals surface area contributed by atoms with E-state index >= 15 is 0 Å². The minimum atomic E-state index is -4.47. The maximum atomic E-state index is 12.5. The summed E-state index contributed by atoms with van der Waals surface area (Å²) >= 11 is 0. The number of rotatable bonds is 6. The van der Waals surface area contributed by atoms with Gasteiger partial charge in [0.2, 0.25) is 10.0 Å². The molecule has 5 nitrogen and oxygen atoms in total. The molecular formula is C14H20F3N3O2S. The average Bonchev–Trinajstić information content (AvgIpc) is 2.52. The summed E-state index contributed by atoms with van der Waals surface area (Å²) in [6.45, 7) is 4.77. The molecule has 2 rings (SSSR count). The summed E-state index contributed by atoms with van der Waals surface area (Å²) in [5.74, 6) is 0. The van der Waals surface area contributed by atoms with Crippen LogP contribution in [0.15, 0.2) is 29.2 Å². The predicted octanol–water partition coefficient (Wildman–Crippen LogP) is 1.28. The lowest BCUT2D eigenvalue weighted by Crippen LogP contribution is -2.44. The van der Waals surface area contributed by atoms with Crippen LogP contribution in [0.3, 0.4) is 0 Å². The summed E-state index contributed by atoms with van der Waals surface area (Å²) in [7, 11) is -3.77. The normalized spacial score (nSPS) is 17.3. The van der Waals surface area contributed by atoms with Gasteiger partial charge in [0.15, 0.2) is 0 Å². The van der Waals surface area contributed by atoms with Crippen LogP contribution in [0, 0.1) is 0 Å². The Hall–Kier alpha value is -1.16. The molecule has 1 aromatic rings. The van der Waals surface area contributed by atoms with Crippen molar-refractivity contribution in [2.24, 2.45) is 0 Å². The molecule has 9 heteroatoms. The molecule has 1 aromatic carbocycles. The van der Waals surface area contributed by atoms with Crippen LogP contribution in [0.25, 0.3) is 0 Å². The van der Waals surface area contributed by atoms with E-state index in [-0.39, 0.29) is 11.4 Å². The van der Waals surface area contributed by atoms with Crippen LogP contribution in [0.5, 0.6) is 0 Å². The first-order valence-corrected chi connectivity index (χ1v) is 8.87. The van der Waals surface area contributed by atoms with E-state index in [4.69, 9.17) is 0 Å². The summed E-state index contributed by atoms with van der Waals surface area (Å²) in [6.07, 6.45) is -3.82. The van der Waals surface area contributed by atoms with Gasteiger partial charge in [-0.25, -0.2) is 13.1 Å². The first-order chi connectivity index (χ1) is 10.8. The van der Waals surface area contributed by atoms with Gasteiger partial charge in [0, 0.05) is 32.7 Å². The van der Waals surface area contributed by atoms with Crippen molar-refractivity contribution >= 4 is 10.0 Å². The fourth-order valence-electron chi connectivity index (χ4n) is 2.35. The number of hydrogen-bond donors (Lipinski definition) is 2. The second-order valence-corrected chi connectivity index (χ2v) is 7.13. The fraction of sp³-hybridized carbons (Fsp3) is 0.571. The van der Waals surface area contributed by atoms with Crippen molar-refractivity contribution in [2.75, 3.05) is 39.3 Å². The van der Waals surface area contributed by atoms with Crippen LogP contribution < -0.4 is 10.0 Å². The van der Waals surface area contributed by atoms with E-state index in [1.807, 2.05) is 0 Å². The molecule has 0 spiro atoms. The first kappa shape index (κ1) is 18.2. The topological polar surface area (TPSA) is 61.4 Å². The van der Waals surface area contributed by atoms with E-state index in [0.29, 0.717) is 6.42 Å². The maximum absolute atomic E-state index is 12.5. The maximum Gasteiger partial charge on any atom is 0.416 e. The van der Waals surface area contributed by atoms with E-state index < -0.39 is 21.8 Å². The number of alkyl halides is 3. The van der Waals surface area contributed by atoms with Gasteiger partial charge in [-0.15, -0.1) is 0 Å². The Kier molecular flexibility index (Phi) is 6.01. The quantitative estimate of drug-likeness (QED) is 0.758. The number of benzene rings is 1. The van der Waals surface area contributed by atoms with Crippen molar-refractivity contribution in [1.29, 1.82) is 0 Å². The monoisotopic (exact) mass is 351 g/mol. The van der Waals surface area contributed by atoms with E-state index in [9.17, 15) is 21.6 Å². The van der Waals surface area contributed by atoms with Crippen LogP contribution in [0.4, 0.5) is 13.2 Å². The third kappa shape index (κ3) is 5.45. The summed E-state index contributed by atoms with van der Waals surface area (Å²) in [5, 5.41) is 3.23. The van der Waals surface area contributed by atoms with Gasteiger partial charge >= 0.3 is 6.18 Å². The van der Waals surface area contributed by atoms with Crippen molar-refractivity contribution in [1.82, 2.24) is 14.9 Å². The molecule has 130 valence electrons. The summed E-state index contributed by atoms with van der Waals surface area (Å²) in [4.78, 5) is 2.08. The zero-order chi connectivity index (χ0) is 16.9. The molecule has 0 aromatic heterocycles. The second kappa shape index (κ2) is 7.61. The lowest BCUT2D eigenvalue weighted by atomic mass is 10.2. The number of piperazine rings is 1. The average molecular weight is 351 g/mol. The Bertz CT molecular complexity index is 597. The molecule has 0 saturated carbocycles. The number of nitrogens with zero attached hydrogens (tertiary/aromatic N) is 1. The van der Waals surface area contributed by atoms with Crippen molar-refractivity contribution < 1.29 is 21.6 Å². The molecular weight excluding hydrogens is 331 g/mol. The molecule has 1 saturated heterocycles. The van der Waals surface area contributed by atoms with E-state index in [1.54, 1.807) is 0 Å². The molecule has 1 aliphatic rings. The van der Waals surface area contributed by atoms with Gasteiger partial charge in [-0.1, -0.05) is 0 Å². The van der Waals surface area contributed by atoms with E-state index in [1.165, 1.54) is 0 Å². The van der Waals surface area contributed by atoms with Crippen LogP contribution in [-0.4, -0.2) is 52.6 Å². The first-order valence-electron chi connectivity index (χ1n) is 7.39. The highest BCUT2D eigenvalue weighted by atomic mass is 32.2. The standard InChI is InChI=1S/C14H20F3N3O2S/c15-14(16,17)12-2-4-13(5-3-12)23(21,22)19-6-1-9-20-10-7-18-8-11-20/h2-5,18-19H,1,6-11H2. The third-order valence-electron chi connectivity index (χ3n) is 3.64. The molecule has 0 amide bonds. The van der Waals surface area contributed by atoms with E-state index in [2.05, 4.69) is 14.9 Å². The second-order valence-electron chi connectivity index (χ2n) is 5.37. The highest BCUT2D eigenvalue weighted by Crippen LogP contribution is 2.29. The highest BCUT2D eigenvalue weighted by Gasteiger charge is 2.30. The summed E-state index contributed by atoms with van der Waals surface area (Å²) in [6, 6.07) is 3.49. The van der Waals surface area contributed by atoms with E-state index in [0.717, 1.165) is 57.0 Å².